The zero-order valence-electron chi connectivity index (χ0n) is 10.5. The Morgan fingerprint density at radius 1 is 1.47 bits per heavy atom. The number of carbonyl (C=O) groups is 1. The van der Waals surface area contributed by atoms with E-state index in [1.54, 1.807) is 23.1 Å². The van der Waals surface area contributed by atoms with E-state index < -0.39 is 0 Å². The van der Waals surface area contributed by atoms with E-state index in [2.05, 4.69) is 0 Å². The first-order chi connectivity index (χ1) is 9.08. The number of hydrogen-bond donors (Lipinski definition) is 0. The molecule has 0 radical (unpaired) electrons. The van der Waals surface area contributed by atoms with Crippen LogP contribution in [0.3, 0.4) is 0 Å². The van der Waals surface area contributed by atoms with Crippen LogP contribution in [0.2, 0.25) is 10.0 Å². The first kappa shape index (κ1) is 16.2. The molecule has 1 amide bonds. The molecular weight excluding hydrogens is 303 g/mol. The fourth-order valence-corrected chi connectivity index (χ4v) is 2.86. The summed E-state index contributed by atoms with van der Waals surface area (Å²) in [5, 5.41) is 9.72. The molecule has 0 unspecified atom stereocenters. The Morgan fingerprint density at radius 2 is 2.21 bits per heavy atom. The second kappa shape index (κ2) is 8.31. The molecule has 0 saturated heterocycles. The summed E-state index contributed by atoms with van der Waals surface area (Å²) in [5.74, 6) is 0.290. The van der Waals surface area contributed by atoms with Gasteiger partial charge in [0.2, 0.25) is 5.91 Å². The first-order valence-corrected chi connectivity index (χ1v) is 7.55. The SMILES string of the molecule is CCN(CCC#N)C(=O)CSc1cc(Cl)ccc1Cl. The summed E-state index contributed by atoms with van der Waals surface area (Å²) < 4.78 is 0. The Bertz CT molecular complexity index is 488. The summed E-state index contributed by atoms with van der Waals surface area (Å²) >= 11 is 13.3. The third-order valence-electron chi connectivity index (χ3n) is 2.47. The molecule has 0 bridgehead atoms. The summed E-state index contributed by atoms with van der Waals surface area (Å²) in [6, 6.07) is 7.20. The van der Waals surface area contributed by atoms with Gasteiger partial charge in [-0.05, 0) is 25.1 Å². The summed E-state index contributed by atoms with van der Waals surface area (Å²) in [6.07, 6.45) is 0.349. The molecule has 0 aliphatic carbocycles. The van der Waals surface area contributed by atoms with Crippen molar-refractivity contribution in [1.29, 1.82) is 5.26 Å². The Balaban J connectivity index is 2.57. The van der Waals surface area contributed by atoms with Crippen LogP contribution in [0, 0.1) is 11.3 Å². The van der Waals surface area contributed by atoms with Crippen LogP contribution in [0.15, 0.2) is 23.1 Å². The highest BCUT2D eigenvalue weighted by Gasteiger charge is 2.12. The third-order valence-corrected chi connectivity index (χ3v) is 4.19. The fourth-order valence-electron chi connectivity index (χ4n) is 1.46. The maximum absolute atomic E-state index is 12.0. The van der Waals surface area contributed by atoms with Crippen molar-refractivity contribution in [1.82, 2.24) is 4.90 Å². The zero-order valence-corrected chi connectivity index (χ0v) is 12.9. The highest BCUT2D eigenvalue weighted by molar-refractivity contribution is 8.00. The lowest BCUT2D eigenvalue weighted by molar-refractivity contribution is -0.128. The topological polar surface area (TPSA) is 44.1 Å². The van der Waals surface area contributed by atoms with Crippen LogP contribution >= 0.6 is 35.0 Å². The lowest BCUT2D eigenvalue weighted by Crippen LogP contribution is -2.33. The summed E-state index contributed by atoms with van der Waals surface area (Å²) in [5.41, 5.74) is 0. The average molecular weight is 317 g/mol. The smallest absolute Gasteiger partial charge is 0.232 e. The van der Waals surface area contributed by atoms with Crippen LogP contribution < -0.4 is 0 Å². The molecule has 0 fully saturated rings. The largest absolute Gasteiger partial charge is 0.341 e. The number of nitrogens with zero attached hydrogens (tertiary/aromatic N) is 2. The van der Waals surface area contributed by atoms with Gasteiger partial charge in [-0.1, -0.05) is 23.2 Å². The number of carbonyl (C=O) groups excluding carboxylic acids is 1. The fraction of sp³-hybridized carbons (Fsp3) is 0.385. The summed E-state index contributed by atoms with van der Waals surface area (Å²) in [6.45, 7) is 2.96. The molecular formula is C13H14Cl2N2OS. The highest BCUT2D eigenvalue weighted by Crippen LogP contribution is 2.29. The number of amides is 1. The maximum atomic E-state index is 12.0. The minimum Gasteiger partial charge on any atom is -0.341 e. The van der Waals surface area contributed by atoms with Gasteiger partial charge in [0.1, 0.15) is 0 Å². The van der Waals surface area contributed by atoms with Gasteiger partial charge in [0.05, 0.1) is 23.3 Å². The van der Waals surface area contributed by atoms with E-state index >= 15 is 0 Å². The Hall–Kier alpha value is -0.890. The van der Waals surface area contributed by atoms with Gasteiger partial charge in [-0.25, -0.2) is 0 Å². The normalized spacial score (nSPS) is 10.0. The van der Waals surface area contributed by atoms with E-state index in [-0.39, 0.29) is 5.91 Å². The van der Waals surface area contributed by atoms with Gasteiger partial charge in [0, 0.05) is 23.0 Å². The molecule has 19 heavy (non-hydrogen) atoms. The monoisotopic (exact) mass is 316 g/mol. The van der Waals surface area contributed by atoms with Crippen LogP contribution in [-0.2, 0) is 4.79 Å². The van der Waals surface area contributed by atoms with Gasteiger partial charge in [0.15, 0.2) is 0 Å². The van der Waals surface area contributed by atoms with E-state index in [0.29, 0.717) is 35.3 Å². The molecule has 0 aliphatic heterocycles. The van der Waals surface area contributed by atoms with Crippen molar-refractivity contribution in [2.45, 2.75) is 18.2 Å². The molecule has 1 rings (SSSR count). The summed E-state index contributed by atoms with van der Waals surface area (Å²) in [7, 11) is 0. The van der Waals surface area contributed by atoms with Crippen molar-refractivity contribution in [3.8, 4) is 6.07 Å². The van der Waals surface area contributed by atoms with Gasteiger partial charge in [-0.2, -0.15) is 5.26 Å². The minimum atomic E-state index is -0.00112. The second-order valence-corrected chi connectivity index (χ2v) is 5.61. The highest BCUT2D eigenvalue weighted by atomic mass is 35.5. The molecule has 3 nitrogen and oxygen atoms in total. The van der Waals surface area contributed by atoms with E-state index in [1.165, 1.54) is 11.8 Å². The van der Waals surface area contributed by atoms with Gasteiger partial charge in [0.25, 0.3) is 0 Å². The number of thioether (sulfide) groups is 1. The van der Waals surface area contributed by atoms with E-state index in [4.69, 9.17) is 28.5 Å². The molecule has 0 saturated carbocycles. The molecule has 0 N–H and O–H groups in total. The third kappa shape index (κ3) is 5.32. The standard InChI is InChI=1S/C13H14Cl2N2OS/c1-2-17(7-3-6-16)13(18)9-19-12-8-10(14)4-5-11(12)15/h4-5,8H,2-3,7,9H2,1H3. The minimum absolute atomic E-state index is 0.00112. The Kier molecular flexibility index (Phi) is 7.07. The molecule has 1 aromatic carbocycles. The lowest BCUT2D eigenvalue weighted by atomic mass is 10.4. The number of rotatable bonds is 6. The zero-order chi connectivity index (χ0) is 14.3. The average Bonchev–Trinajstić information content (AvgIpc) is 2.40. The molecule has 0 aliphatic rings. The summed E-state index contributed by atoms with van der Waals surface area (Å²) in [4.78, 5) is 14.4. The predicted octanol–water partition coefficient (Wildman–Crippen LogP) is 3.85. The molecule has 0 aromatic heterocycles. The van der Waals surface area contributed by atoms with Crippen LogP contribution in [0.25, 0.3) is 0 Å². The Morgan fingerprint density at radius 3 is 2.84 bits per heavy atom. The van der Waals surface area contributed by atoms with Gasteiger partial charge in [-0.15, -0.1) is 11.8 Å². The number of benzene rings is 1. The van der Waals surface area contributed by atoms with Crippen molar-refractivity contribution in [2.24, 2.45) is 0 Å². The quantitative estimate of drug-likeness (QED) is 0.749. The molecule has 1 aromatic rings. The molecule has 0 spiro atoms. The molecule has 6 heteroatoms. The van der Waals surface area contributed by atoms with Gasteiger partial charge >= 0.3 is 0 Å². The van der Waals surface area contributed by atoms with Gasteiger partial charge in [-0.3, -0.25) is 4.79 Å². The number of halogens is 2. The lowest BCUT2D eigenvalue weighted by Gasteiger charge is -2.19. The van der Waals surface area contributed by atoms with Crippen LogP contribution in [0.1, 0.15) is 13.3 Å². The van der Waals surface area contributed by atoms with Gasteiger partial charge < -0.3 is 4.90 Å². The van der Waals surface area contributed by atoms with Crippen LogP contribution in [-0.4, -0.2) is 29.6 Å². The first-order valence-electron chi connectivity index (χ1n) is 5.81. The maximum Gasteiger partial charge on any atom is 0.232 e. The number of hydrogen-bond acceptors (Lipinski definition) is 3. The van der Waals surface area contributed by atoms with Crippen molar-refractivity contribution in [2.75, 3.05) is 18.8 Å². The van der Waals surface area contributed by atoms with Crippen molar-refractivity contribution in [3.63, 3.8) is 0 Å². The van der Waals surface area contributed by atoms with Crippen LogP contribution in [0.5, 0.6) is 0 Å². The van der Waals surface area contributed by atoms with Crippen molar-refractivity contribution in [3.05, 3.63) is 28.2 Å². The van der Waals surface area contributed by atoms with E-state index in [1.807, 2.05) is 13.0 Å². The number of nitriles is 1. The van der Waals surface area contributed by atoms with Crippen LogP contribution in [0.4, 0.5) is 0 Å². The second-order valence-electron chi connectivity index (χ2n) is 3.74. The van der Waals surface area contributed by atoms with Crippen molar-refractivity contribution < 1.29 is 4.79 Å². The van der Waals surface area contributed by atoms with E-state index in [9.17, 15) is 4.79 Å². The molecule has 0 atom stereocenters. The predicted molar refractivity (Wildman–Crippen MR) is 79.7 cm³/mol. The molecule has 102 valence electrons. The van der Waals surface area contributed by atoms with E-state index in [0.717, 1.165) is 4.90 Å². The van der Waals surface area contributed by atoms with Crippen molar-refractivity contribution >= 4 is 40.9 Å². The Labute approximate surface area is 127 Å². The molecule has 0 heterocycles.